The van der Waals surface area contributed by atoms with E-state index in [9.17, 15) is 0 Å². The first-order valence-corrected chi connectivity index (χ1v) is 5.89. The minimum absolute atomic E-state index is 0.0904. The van der Waals surface area contributed by atoms with Crippen LogP contribution in [0, 0.1) is 6.92 Å². The second-order valence-corrected chi connectivity index (χ2v) is 4.51. The Morgan fingerprint density at radius 1 is 1.50 bits per heavy atom. The van der Waals surface area contributed by atoms with E-state index in [2.05, 4.69) is 15.9 Å². The number of aliphatic hydroxyl groups is 1. The van der Waals surface area contributed by atoms with E-state index in [1.807, 2.05) is 13.0 Å². The average Bonchev–Trinajstić information content (AvgIpc) is 2.33. The maximum absolute atomic E-state index is 9.10. The van der Waals surface area contributed by atoms with Gasteiger partial charge in [-0.15, -0.1) is 0 Å². The van der Waals surface area contributed by atoms with Gasteiger partial charge in [-0.05, 0) is 40.0 Å². The highest BCUT2D eigenvalue weighted by atomic mass is 79.9. The van der Waals surface area contributed by atoms with Crippen molar-refractivity contribution in [3.63, 3.8) is 0 Å². The van der Waals surface area contributed by atoms with Crippen LogP contribution in [0.5, 0.6) is 11.5 Å². The number of fused-ring (bicyclic) bond motifs is 1. The Kier molecular flexibility index (Phi) is 3.37. The van der Waals surface area contributed by atoms with Crippen LogP contribution in [0.15, 0.2) is 10.5 Å². The topological polar surface area (TPSA) is 64.7 Å². The van der Waals surface area contributed by atoms with Crippen LogP contribution in [-0.2, 0) is 0 Å². The zero-order valence-corrected chi connectivity index (χ0v) is 10.6. The summed E-state index contributed by atoms with van der Waals surface area (Å²) < 4.78 is 11.9. The van der Waals surface area contributed by atoms with Crippen LogP contribution in [0.3, 0.4) is 0 Å². The van der Waals surface area contributed by atoms with E-state index in [0.29, 0.717) is 19.0 Å². The van der Waals surface area contributed by atoms with Gasteiger partial charge in [-0.25, -0.2) is 0 Å². The van der Waals surface area contributed by atoms with Gasteiger partial charge in [-0.2, -0.15) is 0 Å². The molecule has 2 rings (SSSR count). The van der Waals surface area contributed by atoms with E-state index in [-0.39, 0.29) is 6.61 Å². The van der Waals surface area contributed by atoms with Crippen molar-refractivity contribution >= 4 is 15.9 Å². The fourth-order valence-electron chi connectivity index (χ4n) is 1.74. The van der Waals surface area contributed by atoms with Crippen molar-refractivity contribution in [3.05, 3.63) is 21.7 Å². The average molecular weight is 288 g/mol. The molecular weight excluding hydrogens is 274 g/mol. The fraction of sp³-hybridized carbons (Fsp3) is 0.455. The molecule has 5 heteroatoms. The molecule has 88 valence electrons. The third-order valence-electron chi connectivity index (χ3n) is 2.66. The summed E-state index contributed by atoms with van der Waals surface area (Å²) in [5.41, 5.74) is 7.68. The number of benzene rings is 1. The number of halogens is 1. The Labute approximate surface area is 102 Å². The maximum Gasteiger partial charge on any atom is 0.175 e. The summed E-state index contributed by atoms with van der Waals surface area (Å²) in [5, 5.41) is 9.10. The van der Waals surface area contributed by atoms with E-state index in [1.165, 1.54) is 0 Å². The molecule has 1 heterocycles. The Hall–Kier alpha value is -0.780. The number of rotatable bonds is 2. The second kappa shape index (κ2) is 4.61. The molecule has 1 aliphatic rings. The lowest BCUT2D eigenvalue weighted by molar-refractivity contribution is 0.169. The molecule has 3 N–H and O–H groups in total. The smallest absolute Gasteiger partial charge is 0.175 e. The van der Waals surface area contributed by atoms with E-state index >= 15 is 0 Å². The molecule has 0 radical (unpaired) electrons. The SMILES string of the molecule is Cc1c(C(N)CO)cc2c(c1Br)OCCO2. The first kappa shape index (κ1) is 11.7. The molecule has 1 aromatic carbocycles. The van der Waals surface area contributed by atoms with Gasteiger partial charge in [-0.3, -0.25) is 0 Å². The van der Waals surface area contributed by atoms with Gasteiger partial charge in [-0.1, -0.05) is 0 Å². The molecule has 1 atom stereocenters. The van der Waals surface area contributed by atoms with Crippen LogP contribution < -0.4 is 15.2 Å². The summed E-state index contributed by atoms with van der Waals surface area (Å²) in [6, 6.07) is 1.45. The molecular formula is C11H14BrNO3. The Balaban J connectivity index is 2.52. The first-order valence-electron chi connectivity index (χ1n) is 5.10. The van der Waals surface area contributed by atoms with Gasteiger partial charge in [0.15, 0.2) is 11.5 Å². The molecule has 0 spiro atoms. The van der Waals surface area contributed by atoms with Crippen molar-refractivity contribution < 1.29 is 14.6 Å². The zero-order valence-electron chi connectivity index (χ0n) is 9.00. The number of aliphatic hydroxyl groups excluding tert-OH is 1. The highest BCUT2D eigenvalue weighted by molar-refractivity contribution is 9.10. The van der Waals surface area contributed by atoms with E-state index in [4.69, 9.17) is 20.3 Å². The van der Waals surface area contributed by atoms with Crippen molar-refractivity contribution in [1.29, 1.82) is 0 Å². The summed E-state index contributed by atoms with van der Waals surface area (Å²) in [7, 11) is 0. The summed E-state index contributed by atoms with van der Waals surface area (Å²) >= 11 is 3.47. The predicted molar refractivity (Wildman–Crippen MR) is 63.9 cm³/mol. The Bertz CT molecular complexity index is 409. The van der Waals surface area contributed by atoms with Crippen molar-refractivity contribution in [3.8, 4) is 11.5 Å². The fourth-order valence-corrected chi connectivity index (χ4v) is 2.28. The molecule has 16 heavy (non-hydrogen) atoms. The lowest BCUT2D eigenvalue weighted by Crippen LogP contribution is -2.20. The van der Waals surface area contributed by atoms with Gasteiger partial charge in [0, 0.05) is 0 Å². The van der Waals surface area contributed by atoms with Crippen molar-refractivity contribution in [2.24, 2.45) is 5.73 Å². The van der Waals surface area contributed by atoms with Crippen molar-refractivity contribution in [1.82, 2.24) is 0 Å². The molecule has 0 aliphatic carbocycles. The molecule has 4 nitrogen and oxygen atoms in total. The van der Waals surface area contributed by atoms with Crippen LogP contribution in [0.2, 0.25) is 0 Å². The van der Waals surface area contributed by atoms with Crippen LogP contribution in [-0.4, -0.2) is 24.9 Å². The third-order valence-corrected chi connectivity index (χ3v) is 3.61. The van der Waals surface area contributed by atoms with Gasteiger partial charge in [0.05, 0.1) is 17.1 Å². The summed E-state index contributed by atoms with van der Waals surface area (Å²) in [4.78, 5) is 0. The summed E-state index contributed by atoms with van der Waals surface area (Å²) in [6.07, 6.45) is 0. The van der Waals surface area contributed by atoms with Crippen LogP contribution in [0.1, 0.15) is 17.2 Å². The highest BCUT2D eigenvalue weighted by Crippen LogP contribution is 2.42. The molecule has 1 unspecified atom stereocenters. The van der Waals surface area contributed by atoms with E-state index in [0.717, 1.165) is 21.3 Å². The largest absolute Gasteiger partial charge is 0.486 e. The van der Waals surface area contributed by atoms with Gasteiger partial charge in [0.2, 0.25) is 0 Å². The molecule has 0 fully saturated rings. The quantitative estimate of drug-likeness (QED) is 0.866. The van der Waals surface area contributed by atoms with Crippen LogP contribution in [0.25, 0.3) is 0 Å². The minimum atomic E-state index is -0.396. The zero-order chi connectivity index (χ0) is 11.7. The third kappa shape index (κ3) is 1.90. The van der Waals surface area contributed by atoms with Crippen LogP contribution in [0.4, 0.5) is 0 Å². The van der Waals surface area contributed by atoms with Crippen molar-refractivity contribution in [2.45, 2.75) is 13.0 Å². The van der Waals surface area contributed by atoms with Gasteiger partial charge in [0.1, 0.15) is 13.2 Å². The Morgan fingerprint density at radius 2 is 2.19 bits per heavy atom. The molecule has 0 aromatic heterocycles. The first-order chi connectivity index (χ1) is 7.65. The van der Waals surface area contributed by atoms with Crippen molar-refractivity contribution in [2.75, 3.05) is 19.8 Å². The number of nitrogens with two attached hydrogens (primary N) is 1. The molecule has 0 bridgehead atoms. The molecule has 1 aromatic rings. The Morgan fingerprint density at radius 3 is 2.88 bits per heavy atom. The van der Waals surface area contributed by atoms with Gasteiger partial charge in [0.25, 0.3) is 0 Å². The summed E-state index contributed by atoms with van der Waals surface area (Å²) in [5.74, 6) is 1.40. The van der Waals surface area contributed by atoms with Gasteiger partial charge >= 0.3 is 0 Å². The molecule has 0 saturated heterocycles. The number of hydrogen-bond donors (Lipinski definition) is 2. The lowest BCUT2D eigenvalue weighted by Gasteiger charge is -2.23. The minimum Gasteiger partial charge on any atom is -0.486 e. The molecule has 1 aliphatic heterocycles. The van der Waals surface area contributed by atoms with Crippen LogP contribution >= 0.6 is 15.9 Å². The molecule has 0 saturated carbocycles. The monoisotopic (exact) mass is 287 g/mol. The second-order valence-electron chi connectivity index (χ2n) is 3.72. The highest BCUT2D eigenvalue weighted by Gasteiger charge is 2.21. The standard InChI is InChI=1S/C11H14BrNO3/c1-6-7(8(13)5-14)4-9-11(10(6)12)16-3-2-15-9/h4,8,14H,2-3,5,13H2,1H3. The normalized spacial score (nSPS) is 16.0. The lowest BCUT2D eigenvalue weighted by atomic mass is 10.0. The van der Waals surface area contributed by atoms with Gasteiger partial charge < -0.3 is 20.3 Å². The molecule has 0 amide bonds. The van der Waals surface area contributed by atoms with E-state index < -0.39 is 6.04 Å². The van der Waals surface area contributed by atoms with E-state index in [1.54, 1.807) is 0 Å². The summed E-state index contributed by atoms with van der Waals surface area (Å²) in [6.45, 7) is 2.94. The number of ether oxygens (including phenoxy) is 2. The predicted octanol–water partition coefficient (Wildman–Crippen LogP) is 1.52. The number of hydrogen-bond acceptors (Lipinski definition) is 4. The maximum atomic E-state index is 9.10.